The zero-order chi connectivity index (χ0) is 19.1. The molecule has 6 nitrogen and oxygen atoms in total. The predicted molar refractivity (Wildman–Crippen MR) is 109 cm³/mol. The lowest BCUT2D eigenvalue weighted by Crippen LogP contribution is -2.30. The summed E-state index contributed by atoms with van der Waals surface area (Å²) in [5, 5.41) is 4.52. The molecule has 1 amide bonds. The van der Waals surface area contributed by atoms with Crippen LogP contribution in [-0.4, -0.2) is 28.2 Å². The molecule has 9 heteroatoms. The summed E-state index contributed by atoms with van der Waals surface area (Å²) in [5.74, 6) is 0.737. The number of anilines is 2. The molecule has 0 unspecified atom stereocenters. The molecule has 0 aliphatic carbocycles. The number of benzene rings is 1. The molecule has 1 aromatic carbocycles. The van der Waals surface area contributed by atoms with Crippen LogP contribution in [0.5, 0.6) is 0 Å². The molecule has 0 aliphatic rings. The lowest BCUT2D eigenvalue weighted by atomic mass is 9.94. The van der Waals surface area contributed by atoms with Gasteiger partial charge in [0.25, 0.3) is 0 Å². The van der Waals surface area contributed by atoms with Crippen molar-refractivity contribution < 1.29 is 4.79 Å². The molecule has 0 spiro atoms. The van der Waals surface area contributed by atoms with E-state index in [9.17, 15) is 4.79 Å². The van der Waals surface area contributed by atoms with Crippen LogP contribution in [0.25, 0.3) is 0 Å². The van der Waals surface area contributed by atoms with Gasteiger partial charge in [-0.1, -0.05) is 54.4 Å². The molecule has 0 fully saturated rings. The Kier molecular flexibility index (Phi) is 7.81. The topological polar surface area (TPSA) is 107 Å². The van der Waals surface area contributed by atoms with Crippen molar-refractivity contribution in [1.82, 2.24) is 15.3 Å². The summed E-state index contributed by atoms with van der Waals surface area (Å²) < 4.78 is 0. The molecule has 0 aliphatic heterocycles. The van der Waals surface area contributed by atoms with Crippen LogP contribution in [0.1, 0.15) is 31.2 Å². The van der Waals surface area contributed by atoms with Crippen LogP contribution in [0.4, 0.5) is 11.6 Å². The number of halogens is 2. The van der Waals surface area contributed by atoms with Crippen molar-refractivity contribution >= 4 is 52.5 Å². The van der Waals surface area contributed by atoms with Gasteiger partial charge in [-0.15, -0.1) is 0 Å². The maximum Gasteiger partial charge on any atom is 0.230 e. The third-order valence-corrected chi connectivity index (χ3v) is 5.07. The number of nitrogens with one attached hydrogen (secondary N) is 1. The highest BCUT2D eigenvalue weighted by molar-refractivity contribution is 7.99. The van der Waals surface area contributed by atoms with E-state index in [1.165, 1.54) is 17.8 Å². The van der Waals surface area contributed by atoms with Crippen molar-refractivity contribution in [2.45, 2.75) is 30.8 Å². The summed E-state index contributed by atoms with van der Waals surface area (Å²) >= 11 is 13.5. The van der Waals surface area contributed by atoms with Gasteiger partial charge in [-0.3, -0.25) is 4.79 Å². The average molecular weight is 414 g/mol. The Morgan fingerprint density at radius 2 is 1.92 bits per heavy atom. The summed E-state index contributed by atoms with van der Waals surface area (Å²) in [6, 6.07) is 6.91. The Hall–Kier alpha value is -1.70. The number of hydrogen-bond acceptors (Lipinski definition) is 6. The van der Waals surface area contributed by atoms with E-state index >= 15 is 0 Å². The van der Waals surface area contributed by atoms with Crippen molar-refractivity contribution in [1.29, 1.82) is 0 Å². The molecule has 2 aromatic rings. The molecule has 2 rings (SSSR count). The summed E-state index contributed by atoms with van der Waals surface area (Å²) in [5.41, 5.74) is 12.2. The summed E-state index contributed by atoms with van der Waals surface area (Å²) in [7, 11) is 0. The summed E-state index contributed by atoms with van der Waals surface area (Å²) in [6.07, 6.45) is 1.88. The molecule has 5 N–H and O–H groups in total. The number of nitrogen functional groups attached to an aromatic ring is 2. The Labute approximate surface area is 167 Å². The van der Waals surface area contributed by atoms with Gasteiger partial charge in [0.05, 0.1) is 5.75 Å². The van der Waals surface area contributed by atoms with E-state index in [0.29, 0.717) is 21.7 Å². The maximum absolute atomic E-state index is 12.2. The van der Waals surface area contributed by atoms with Gasteiger partial charge < -0.3 is 16.8 Å². The third-order valence-electron chi connectivity index (χ3n) is 3.66. The van der Waals surface area contributed by atoms with Gasteiger partial charge in [-0.2, -0.15) is 0 Å². The second kappa shape index (κ2) is 9.85. The van der Waals surface area contributed by atoms with Gasteiger partial charge in [-0.25, -0.2) is 9.97 Å². The molecule has 1 heterocycles. The first-order valence-corrected chi connectivity index (χ1v) is 9.87. The smallest absolute Gasteiger partial charge is 0.230 e. The summed E-state index contributed by atoms with van der Waals surface area (Å²) in [4.78, 5) is 20.2. The number of aromatic nitrogens is 2. The van der Waals surface area contributed by atoms with Crippen LogP contribution in [0.15, 0.2) is 29.4 Å². The van der Waals surface area contributed by atoms with E-state index < -0.39 is 0 Å². The normalized spacial score (nSPS) is 12.0. The second-order valence-corrected chi connectivity index (χ2v) is 7.53. The molecule has 1 aromatic heterocycles. The fourth-order valence-corrected chi connectivity index (χ4v) is 3.76. The number of hydrogen-bond donors (Lipinski definition) is 3. The number of amides is 1. The van der Waals surface area contributed by atoms with Gasteiger partial charge >= 0.3 is 0 Å². The third kappa shape index (κ3) is 6.23. The highest BCUT2D eigenvalue weighted by Gasteiger charge is 2.16. The van der Waals surface area contributed by atoms with Crippen molar-refractivity contribution in [3.05, 3.63) is 39.9 Å². The van der Waals surface area contributed by atoms with Crippen molar-refractivity contribution in [3.8, 4) is 0 Å². The monoisotopic (exact) mass is 413 g/mol. The molecule has 1 atom stereocenters. The molecule has 0 saturated carbocycles. The predicted octanol–water partition coefficient (Wildman–Crippen LogP) is 3.74. The average Bonchev–Trinajstić information content (AvgIpc) is 2.56. The quantitative estimate of drug-likeness (QED) is 0.449. The number of carbonyl (C=O) groups is 1. The van der Waals surface area contributed by atoms with Crippen LogP contribution in [0, 0.1) is 0 Å². The van der Waals surface area contributed by atoms with Crippen molar-refractivity contribution in [3.63, 3.8) is 0 Å². The van der Waals surface area contributed by atoms with Gasteiger partial charge in [-0.05, 0) is 24.1 Å². The number of rotatable bonds is 8. The van der Waals surface area contributed by atoms with E-state index in [1.54, 1.807) is 6.07 Å². The number of thioether (sulfide) groups is 1. The highest BCUT2D eigenvalue weighted by Crippen LogP contribution is 2.30. The Bertz CT molecular complexity index is 755. The lowest BCUT2D eigenvalue weighted by Gasteiger charge is -2.19. The lowest BCUT2D eigenvalue weighted by molar-refractivity contribution is -0.118. The van der Waals surface area contributed by atoms with Gasteiger partial charge in [0, 0.05) is 28.6 Å². The highest BCUT2D eigenvalue weighted by atomic mass is 35.5. The summed E-state index contributed by atoms with van der Waals surface area (Å²) in [6.45, 7) is 2.59. The standard InChI is InChI=1S/C17H21Cl2N5OS/c1-2-3-10(12-5-4-11(18)6-13(12)19)8-22-16(25)9-26-17-23-14(20)7-15(21)24-17/h4-7,10H,2-3,8-9H2,1H3,(H,22,25)(H4,20,21,23,24)/t10-/m1/s1. The Morgan fingerprint density at radius 3 is 2.54 bits per heavy atom. The fraction of sp³-hybridized carbons (Fsp3) is 0.353. The van der Waals surface area contributed by atoms with E-state index in [1.807, 2.05) is 12.1 Å². The van der Waals surface area contributed by atoms with E-state index in [-0.39, 0.29) is 29.2 Å². The maximum atomic E-state index is 12.2. The van der Waals surface area contributed by atoms with E-state index in [4.69, 9.17) is 34.7 Å². The zero-order valence-electron chi connectivity index (χ0n) is 14.3. The minimum absolute atomic E-state index is 0.120. The van der Waals surface area contributed by atoms with Gasteiger partial charge in [0.1, 0.15) is 11.6 Å². The van der Waals surface area contributed by atoms with Crippen LogP contribution in [0.2, 0.25) is 10.0 Å². The first-order chi connectivity index (χ1) is 12.4. The second-order valence-electron chi connectivity index (χ2n) is 5.74. The van der Waals surface area contributed by atoms with Crippen LogP contribution in [-0.2, 0) is 4.79 Å². The van der Waals surface area contributed by atoms with E-state index in [0.717, 1.165) is 18.4 Å². The molecular weight excluding hydrogens is 393 g/mol. The minimum Gasteiger partial charge on any atom is -0.383 e. The zero-order valence-corrected chi connectivity index (χ0v) is 16.7. The number of nitrogens with two attached hydrogens (primary N) is 2. The SMILES string of the molecule is CCC[C@H](CNC(=O)CSc1nc(N)cc(N)n1)c1ccc(Cl)cc1Cl. The molecule has 0 bridgehead atoms. The minimum atomic E-state index is -0.120. The largest absolute Gasteiger partial charge is 0.383 e. The first kappa shape index (κ1) is 20.6. The van der Waals surface area contributed by atoms with Gasteiger partial charge in [0.2, 0.25) is 5.91 Å². The first-order valence-electron chi connectivity index (χ1n) is 8.13. The van der Waals surface area contributed by atoms with Crippen LogP contribution >= 0.6 is 35.0 Å². The van der Waals surface area contributed by atoms with E-state index in [2.05, 4.69) is 22.2 Å². The number of carbonyl (C=O) groups excluding carboxylic acids is 1. The fourth-order valence-electron chi connectivity index (χ4n) is 2.49. The molecule has 0 saturated heterocycles. The molecule has 26 heavy (non-hydrogen) atoms. The van der Waals surface area contributed by atoms with Crippen molar-refractivity contribution in [2.24, 2.45) is 0 Å². The molecular formula is C17H21Cl2N5OS. The number of nitrogens with zero attached hydrogens (tertiary/aromatic N) is 2. The van der Waals surface area contributed by atoms with Crippen molar-refractivity contribution in [2.75, 3.05) is 23.8 Å². The molecule has 140 valence electrons. The van der Waals surface area contributed by atoms with Gasteiger partial charge in [0.15, 0.2) is 5.16 Å². The Morgan fingerprint density at radius 1 is 1.23 bits per heavy atom. The van der Waals surface area contributed by atoms with Crippen LogP contribution < -0.4 is 16.8 Å². The Balaban J connectivity index is 1.92. The van der Waals surface area contributed by atoms with Crippen LogP contribution in [0.3, 0.4) is 0 Å². The molecule has 0 radical (unpaired) electrons.